The van der Waals surface area contributed by atoms with Crippen molar-refractivity contribution in [3.8, 4) is 0 Å². The lowest BCUT2D eigenvalue weighted by Crippen LogP contribution is -2.41. The van der Waals surface area contributed by atoms with Crippen LogP contribution in [0.3, 0.4) is 0 Å². The number of aromatic nitrogens is 1. The van der Waals surface area contributed by atoms with E-state index in [0.717, 1.165) is 5.56 Å². The van der Waals surface area contributed by atoms with Crippen molar-refractivity contribution in [1.29, 1.82) is 0 Å². The quantitative estimate of drug-likeness (QED) is 0.754. The van der Waals surface area contributed by atoms with E-state index in [4.69, 9.17) is 5.73 Å². The van der Waals surface area contributed by atoms with E-state index in [1.807, 2.05) is 31.2 Å². The molecule has 3 amide bonds. The summed E-state index contributed by atoms with van der Waals surface area (Å²) in [4.78, 5) is 40.2. The third kappa shape index (κ3) is 3.71. The second-order valence-electron chi connectivity index (χ2n) is 6.23. The highest BCUT2D eigenvalue weighted by Gasteiger charge is 2.33. The first-order chi connectivity index (χ1) is 11.9. The molecule has 0 spiro atoms. The van der Waals surface area contributed by atoms with Gasteiger partial charge in [-0.1, -0.05) is 29.8 Å². The minimum absolute atomic E-state index is 0.101. The fourth-order valence-corrected chi connectivity index (χ4v) is 2.85. The molecule has 0 aliphatic carbocycles. The number of carbonyl (C=O) groups is 3. The number of likely N-dealkylation sites (tertiary alicyclic amines) is 1. The number of nitrogens with two attached hydrogens (primary N) is 1. The molecule has 0 saturated carbocycles. The van der Waals surface area contributed by atoms with E-state index in [9.17, 15) is 14.4 Å². The lowest BCUT2D eigenvalue weighted by Gasteiger charge is -2.17. The lowest BCUT2D eigenvalue weighted by atomic mass is 10.1. The van der Waals surface area contributed by atoms with E-state index in [2.05, 4.69) is 10.3 Å². The van der Waals surface area contributed by atoms with Crippen molar-refractivity contribution >= 4 is 17.7 Å². The average molecular weight is 340 g/mol. The molecular weight excluding hydrogens is 320 g/mol. The third-order valence-electron chi connectivity index (χ3n) is 4.31. The van der Waals surface area contributed by atoms with Gasteiger partial charge in [-0.2, -0.15) is 0 Å². The van der Waals surface area contributed by atoms with Gasteiger partial charge in [0, 0.05) is 19.3 Å². The second kappa shape index (κ2) is 6.80. The molecule has 1 atom stereocenters. The highest BCUT2D eigenvalue weighted by atomic mass is 16.2. The molecule has 1 saturated heterocycles. The van der Waals surface area contributed by atoms with E-state index in [1.54, 1.807) is 4.90 Å². The molecule has 0 bridgehead atoms. The number of nitrogens with zero attached hydrogens (tertiary/aromatic N) is 1. The third-order valence-corrected chi connectivity index (χ3v) is 4.31. The van der Waals surface area contributed by atoms with Crippen LogP contribution in [-0.4, -0.2) is 40.2 Å². The summed E-state index contributed by atoms with van der Waals surface area (Å²) >= 11 is 0. The van der Waals surface area contributed by atoms with Gasteiger partial charge < -0.3 is 20.9 Å². The summed E-state index contributed by atoms with van der Waals surface area (Å²) in [5.74, 6) is -1.14. The van der Waals surface area contributed by atoms with E-state index in [1.165, 1.54) is 17.8 Å². The van der Waals surface area contributed by atoms with Gasteiger partial charge >= 0.3 is 0 Å². The number of nitrogens with one attached hydrogen (secondary N) is 2. The van der Waals surface area contributed by atoms with E-state index in [-0.39, 0.29) is 17.2 Å². The SMILES string of the molecule is Cc1ccc(CN2CC[C@@H](NC(=O)c3cc(C(N)=O)c[nH]3)C2=O)cc1. The standard InChI is InChI=1S/C18H20N4O3/c1-11-2-4-12(5-3-11)10-22-7-6-14(18(22)25)21-17(24)15-8-13(9-20-15)16(19)23/h2-5,8-9,14,20H,6-7,10H2,1H3,(H2,19,23)(H,21,24)/t14-/m1/s1. The van der Waals surface area contributed by atoms with Crippen LogP contribution in [0.5, 0.6) is 0 Å². The maximum Gasteiger partial charge on any atom is 0.268 e. The highest BCUT2D eigenvalue weighted by molar-refractivity contribution is 6.00. The van der Waals surface area contributed by atoms with Gasteiger partial charge in [-0.3, -0.25) is 14.4 Å². The maximum atomic E-state index is 12.5. The lowest BCUT2D eigenvalue weighted by molar-refractivity contribution is -0.129. The van der Waals surface area contributed by atoms with Crippen LogP contribution >= 0.6 is 0 Å². The Morgan fingerprint density at radius 1 is 1.32 bits per heavy atom. The Kier molecular flexibility index (Phi) is 4.56. The molecule has 1 aromatic carbocycles. The zero-order valence-corrected chi connectivity index (χ0v) is 13.9. The second-order valence-corrected chi connectivity index (χ2v) is 6.23. The van der Waals surface area contributed by atoms with Gasteiger partial charge in [0.2, 0.25) is 11.8 Å². The van der Waals surface area contributed by atoms with Crippen molar-refractivity contribution in [2.45, 2.75) is 25.9 Å². The molecule has 2 aromatic rings. The number of rotatable bonds is 5. The Morgan fingerprint density at radius 3 is 2.68 bits per heavy atom. The van der Waals surface area contributed by atoms with E-state index < -0.39 is 17.9 Å². The van der Waals surface area contributed by atoms with Gasteiger partial charge in [-0.05, 0) is 25.0 Å². The first kappa shape index (κ1) is 16.8. The van der Waals surface area contributed by atoms with Crippen LogP contribution in [0.4, 0.5) is 0 Å². The summed E-state index contributed by atoms with van der Waals surface area (Å²) in [5, 5.41) is 2.71. The maximum absolute atomic E-state index is 12.5. The molecule has 1 fully saturated rings. The van der Waals surface area contributed by atoms with Crippen molar-refractivity contribution in [3.05, 3.63) is 58.9 Å². The zero-order valence-electron chi connectivity index (χ0n) is 13.9. The monoisotopic (exact) mass is 340 g/mol. The first-order valence-corrected chi connectivity index (χ1v) is 8.07. The molecule has 0 unspecified atom stereocenters. The molecule has 7 heteroatoms. The number of benzene rings is 1. The fraction of sp³-hybridized carbons (Fsp3) is 0.278. The Bertz CT molecular complexity index is 810. The Balaban J connectivity index is 1.60. The van der Waals surface area contributed by atoms with Crippen LogP contribution in [0.25, 0.3) is 0 Å². The van der Waals surface area contributed by atoms with Gasteiger partial charge in [-0.25, -0.2) is 0 Å². The number of aryl methyl sites for hydroxylation is 1. The van der Waals surface area contributed by atoms with Crippen LogP contribution in [0, 0.1) is 6.92 Å². The molecule has 130 valence electrons. The summed E-state index contributed by atoms with van der Waals surface area (Å²) < 4.78 is 0. The molecule has 1 aliphatic heterocycles. The summed E-state index contributed by atoms with van der Waals surface area (Å²) in [6, 6.07) is 8.84. The van der Waals surface area contributed by atoms with E-state index >= 15 is 0 Å². The molecule has 0 radical (unpaired) electrons. The molecule has 4 N–H and O–H groups in total. The fourth-order valence-electron chi connectivity index (χ4n) is 2.85. The molecule has 25 heavy (non-hydrogen) atoms. The van der Waals surface area contributed by atoms with Crippen molar-refractivity contribution < 1.29 is 14.4 Å². The highest BCUT2D eigenvalue weighted by Crippen LogP contribution is 2.16. The predicted octanol–water partition coefficient (Wildman–Crippen LogP) is 0.953. The van der Waals surface area contributed by atoms with Crippen molar-refractivity contribution in [3.63, 3.8) is 0 Å². The average Bonchev–Trinajstić information content (AvgIpc) is 3.19. The molecule has 1 aliphatic rings. The number of carbonyl (C=O) groups excluding carboxylic acids is 3. The Labute approximate surface area is 145 Å². The smallest absolute Gasteiger partial charge is 0.268 e. The van der Waals surface area contributed by atoms with Crippen LogP contribution in [-0.2, 0) is 11.3 Å². The number of amides is 3. The van der Waals surface area contributed by atoms with Crippen LogP contribution in [0.2, 0.25) is 0 Å². The van der Waals surface area contributed by atoms with E-state index in [0.29, 0.717) is 19.5 Å². The van der Waals surface area contributed by atoms with Crippen LogP contribution in [0.1, 0.15) is 38.4 Å². The molecular formula is C18H20N4O3. The number of hydrogen-bond donors (Lipinski definition) is 3. The summed E-state index contributed by atoms with van der Waals surface area (Å²) in [6.07, 6.45) is 1.93. The topological polar surface area (TPSA) is 108 Å². The normalized spacial score (nSPS) is 16.9. The Hall–Kier alpha value is -3.09. The summed E-state index contributed by atoms with van der Waals surface area (Å²) in [6.45, 7) is 3.13. The molecule has 3 rings (SSSR count). The first-order valence-electron chi connectivity index (χ1n) is 8.07. The van der Waals surface area contributed by atoms with Gasteiger partial charge in [0.25, 0.3) is 5.91 Å². The molecule has 2 heterocycles. The van der Waals surface area contributed by atoms with Crippen molar-refractivity contribution in [2.24, 2.45) is 5.73 Å². The van der Waals surface area contributed by atoms with Gasteiger partial charge in [0.1, 0.15) is 11.7 Å². The van der Waals surface area contributed by atoms with Crippen LogP contribution < -0.4 is 11.1 Å². The number of H-pyrrole nitrogens is 1. The number of hydrogen-bond acceptors (Lipinski definition) is 3. The molecule has 1 aromatic heterocycles. The minimum atomic E-state index is -0.614. The Morgan fingerprint density at radius 2 is 2.04 bits per heavy atom. The predicted molar refractivity (Wildman–Crippen MR) is 91.8 cm³/mol. The summed E-state index contributed by atoms with van der Waals surface area (Å²) in [7, 11) is 0. The van der Waals surface area contributed by atoms with Crippen LogP contribution in [0.15, 0.2) is 36.5 Å². The van der Waals surface area contributed by atoms with Crippen molar-refractivity contribution in [1.82, 2.24) is 15.2 Å². The van der Waals surface area contributed by atoms with Crippen molar-refractivity contribution in [2.75, 3.05) is 6.54 Å². The largest absolute Gasteiger partial charge is 0.366 e. The minimum Gasteiger partial charge on any atom is -0.366 e. The zero-order chi connectivity index (χ0) is 18.0. The van der Waals surface area contributed by atoms with Gasteiger partial charge in [0.05, 0.1) is 5.56 Å². The number of aromatic amines is 1. The number of primary amides is 1. The summed E-state index contributed by atoms with van der Waals surface area (Å²) in [5.41, 5.74) is 7.82. The van der Waals surface area contributed by atoms with Gasteiger partial charge in [0.15, 0.2) is 0 Å². The van der Waals surface area contributed by atoms with Gasteiger partial charge in [-0.15, -0.1) is 0 Å². The molecule has 7 nitrogen and oxygen atoms in total.